The van der Waals surface area contributed by atoms with Crippen molar-refractivity contribution in [2.24, 2.45) is 0 Å². The molecule has 1 aliphatic rings. The molecule has 0 aromatic heterocycles. The summed E-state index contributed by atoms with van der Waals surface area (Å²) < 4.78 is 38.3. The van der Waals surface area contributed by atoms with Gasteiger partial charge < -0.3 is 14.4 Å². The molecule has 7 nitrogen and oxygen atoms in total. The molecule has 1 amide bonds. The van der Waals surface area contributed by atoms with Gasteiger partial charge >= 0.3 is 0 Å². The lowest BCUT2D eigenvalue weighted by molar-refractivity contribution is 0.0784. The van der Waals surface area contributed by atoms with Crippen molar-refractivity contribution in [3.63, 3.8) is 0 Å². The van der Waals surface area contributed by atoms with Gasteiger partial charge in [0, 0.05) is 37.8 Å². The minimum absolute atomic E-state index is 0.0408. The Balaban J connectivity index is 1.73. The molecule has 0 saturated heterocycles. The molecule has 1 aliphatic carbocycles. The zero-order valence-electron chi connectivity index (χ0n) is 19.2. The van der Waals surface area contributed by atoms with Crippen LogP contribution in [0, 0.1) is 0 Å². The van der Waals surface area contributed by atoms with Gasteiger partial charge in [0.15, 0.2) is 11.5 Å². The molecule has 0 N–H and O–H groups in total. The van der Waals surface area contributed by atoms with Crippen molar-refractivity contribution in [2.75, 3.05) is 28.3 Å². The van der Waals surface area contributed by atoms with E-state index in [1.165, 1.54) is 16.4 Å². The maximum absolute atomic E-state index is 13.0. The van der Waals surface area contributed by atoms with Crippen molar-refractivity contribution in [1.29, 1.82) is 0 Å². The van der Waals surface area contributed by atoms with Crippen LogP contribution in [0.15, 0.2) is 47.4 Å². The second-order valence-corrected chi connectivity index (χ2v) is 10.1. The van der Waals surface area contributed by atoms with Crippen molar-refractivity contribution >= 4 is 15.9 Å². The second kappa shape index (κ2) is 10.4. The van der Waals surface area contributed by atoms with E-state index in [0.29, 0.717) is 23.6 Å². The lowest BCUT2D eigenvalue weighted by Crippen LogP contribution is -2.38. The normalized spacial score (nSPS) is 14.9. The van der Waals surface area contributed by atoms with Gasteiger partial charge in [-0.25, -0.2) is 8.42 Å². The van der Waals surface area contributed by atoms with Gasteiger partial charge in [-0.15, -0.1) is 0 Å². The smallest absolute Gasteiger partial charge is 0.253 e. The number of hydrogen-bond donors (Lipinski definition) is 0. The first kappa shape index (κ1) is 24.1. The molecular formula is C24H32N2O5S. The average Bonchev–Trinajstić information content (AvgIpc) is 2.83. The Labute approximate surface area is 191 Å². The molecule has 174 valence electrons. The van der Waals surface area contributed by atoms with Gasteiger partial charge in [0.25, 0.3) is 5.91 Å². The van der Waals surface area contributed by atoms with E-state index in [-0.39, 0.29) is 16.8 Å². The Morgan fingerprint density at radius 3 is 2.22 bits per heavy atom. The summed E-state index contributed by atoms with van der Waals surface area (Å²) in [5.74, 6) is 0.976. The molecule has 1 fully saturated rings. The Hall–Kier alpha value is -2.58. The van der Waals surface area contributed by atoms with Crippen LogP contribution in [0.25, 0.3) is 0 Å². The standard InChI is InChI=1S/C24H32N2O5S/c1-25(17-19-9-8-12-22(30-3)23(19)31-4)24(27)18-13-15-21(16-14-18)32(28,29)26(2)20-10-6-5-7-11-20/h8-9,12-16,20H,5-7,10-11,17H2,1-4H3. The monoisotopic (exact) mass is 460 g/mol. The number of carbonyl (C=O) groups excluding carboxylic acids is 1. The number of para-hydroxylation sites is 1. The molecule has 2 aromatic carbocycles. The molecule has 2 aromatic rings. The van der Waals surface area contributed by atoms with Crippen LogP contribution in [0.4, 0.5) is 0 Å². The molecule has 8 heteroatoms. The third kappa shape index (κ3) is 5.07. The summed E-state index contributed by atoms with van der Waals surface area (Å²) >= 11 is 0. The minimum atomic E-state index is -3.59. The van der Waals surface area contributed by atoms with Crippen molar-refractivity contribution in [2.45, 2.75) is 49.6 Å². The highest BCUT2D eigenvalue weighted by Gasteiger charge is 2.29. The number of sulfonamides is 1. The highest BCUT2D eigenvalue weighted by Crippen LogP contribution is 2.31. The quantitative estimate of drug-likeness (QED) is 0.597. The zero-order chi connectivity index (χ0) is 23.3. The van der Waals surface area contributed by atoms with Gasteiger partial charge in [0.2, 0.25) is 10.0 Å². The molecule has 0 aliphatic heterocycles. The predicted octanol–water partition coefficient (Wildman–Crippen LogP) is 3.93. The fraction of sp³-hybridized carbons (Fsp3) is 0.458. The number of methoxy groups -OCH3 is 2. The minimum Gasteiger partial charge on any atom is -0.493 e. The van der Waals surface area contributed by atoms with E-state index in [4.69, 9.17) is 9.47 Å². The predicted molar refractivity (Wildman–Crippen MR) is 124 cm³/mol. The second-order valence-electron chi connectivity index (χ2n) is 8.15. The van der Waals surface area contributed by atoms with Crippen LogP contribution in [0.3, 0.4) is 0 Å². The summed E-state index contributed by atoms with van der Waals surface area (Å²) in [6, 6.07) is 11.7. The number of ether oxygens (including phenoxy) is 2. The van der Waals surface area contributed by atoms with Crippen LogP contribution in [0.1, 0.15) is 48.0 Å². The van der Waals surface area contributed by atoms with Crippen molar-refractivity contribution in [3.8, 4) is 11.5 Å². The first-order valence-electron chi connectivity index (χ1n) is 10.8. The lowest BCUT2D eigenvalue weighted by atomic mass is 9.96. The molecular weight excluding hydrogens is 428 g/mol. The molecule has 0 radical (unpaired) electrons. The molecule has 0 spiro atoms. The lowest BCUT2D eigenvalue weighted by Gasteiger charge is -2.30. The summed E-state index contributed by atoms with van der Waals surface area (Å²) in [4.78, 5) is 14.7. The number of amides is 1. The van der Waals surface area contributed by atoms with E-state index in [1.807, 2.05) is 12.1 Å². The number of rotatable bonds is 8. The van der Waals surface area contributed by atoms with Crippen molar-refractivity contribution in [1.82, 2.24) is 9.21 Å². The van der Waals surface area contributed by atoms with Crippen LogP contribution in [-0.4, -0.2) is 57.9 Å². The Kier molecular flexibility index (Phi) is 7.79. The number of nitrogens with zero attached hydrogens (tertiary/aromatic N) is 2. The SMILES string of the molecule is COc1cccc(CN(C)C(=O)c2ccc(S(=O)(=O)N(C)C3CCCCC3)cc2)c1OC. The van der Waals surface area contributed by atoms with E-state index >= 15 is 0 Å². The molecule has 0 atom stereocenters. The van der Waals surface area contributed by atoms with Crippen molar-refractivity contribution < 1.29 is 22.7 Å². The van der Waals surface area contributed by atoms with E-state index in [1.54, 1.807) is 51.4 Å². The van der Waals surface area contributed by atoms with Gasteiger partial charge in [0.05, 0.1) is 19.1 Å². The summed E-state index contributed by atoms with van der Waals surface area (Å²) in [5, 5.41) is 0. The van der Waals surface area contributed by atoms with Crippen LogP contribution < -0.4 is 9.47 Å². The van der Waals surface area contributed by atoms with Gasteiger partial charge in [-0.3, -0.25) is 4.79 Å². The Bertz CT molecular complexity index is 1030. The molecule has 32 heavy (non-hydrogen) atoms. The van der Waals surface area contributed by atoms with Gasteiger partial charge in [-0.2, -0.15) is 4.31 Å². The highest BCUT2D eigenvalue weighted by atomic mass is 32.2. The number of carbonyl (C=O) groups is 1. The summed E-state index contributed by atoms with van der Waals surface area (Å²) in [7, 11) is 2.89. The first-order valence-corrected chi connectivity index (χ1v) is 12.3. The Morgan fingerprint density at radius 2 is 1.62 bits per heavy atom. The van der Waals surface area contributed by atoms with Crippen LogP contribution in [0.5, 0.6) is 11.5 Å². The highest BCUT2D eigenvalue weighted by molar-refractivity contribution is 7.89. The summed E-state index contributed by atoms with van der Waals surface area (Å²) in [6.45, 7) is 0.323. The van der Waals surface area contributed by atoms with E-state index in [9.17, 15) is 13.2 Å². The average molecular weight is 461 g/mol. The first-order chi connectivity index (χ1) is 15.3. The van der Waals surface area contributed by atoms with Crippen LogP contribution in [0.2, 0.25) is 0 Å². The zero-order valence-corrected chi connectivity index (χ0v) is 20.0. The summed E-state index contributed by atoms with van der Waals surface area (Å²) in [5.41, 5.74) is 1.24. The van der Waals surface area contributed by atoms with Gasteiger partial charge in [-0.05, 0) is 43.2 Å². The number of hydrogen-bond acceptors (Lipinski definition) is 5. The van der Waals surface area contributed by atoms with Crippen molar-refractivity contribution in [3.05, 3.63) is 53.6 Å². The third-order valence-electron chi connectivity index (χ3n) is 6.11. The molecule has 0 heterocycles. The van der Waals surface area contributed by atoms with Crippen LogP contribution >= 0.6 is 0 Å². The number of benzene rings is 2. The topological polar surface area (TPSA) is 76.2 Å². The maximum Gasteiger partial charge on any atom is 0.253 e. The summed E-state index contributed by atoms with van der Waals surface area (Å²) in [6.07, 6.45) is 5.07. The molecule has 3 rings (SSSR count). The van der Waals surface area contributed by atoms with Crippen LogP contribution in [-0.2, 0) is 16.6 Å². The molecule has 1 saturated carbocycles. The van der Waals surface area contributed by atoms with E-state index in [2.05, 4.69) is 0 Å². The fourth-order valence-corrected chi connectivity index (χ4v) is 5.62. The van der Waals surface area contributed by atoms with E-state index < -0.39 is 10.0 Å². The fourth-order valence-electron chi connectivity index (χ4n) is 4.20. The third-order valence-corrected chi connectivity index (χ3v) is 8.03. The van der Waals surface area contributed by atoms with Gasteiger partial charge in [0.1, 0.15) is 0 Å². The molecule has 0 bridgehead atoms. The maximum atomic E-state index is 13.0. The van der Waals surface area contributed by atoms with Gasteiger partial charge in [-0.1, -0.05) is 31.4 Å². The molecule has 0 unspecified atom stereocenters. The largest absolute Gasteiger partial charge is 0.493 e. The Morgan fingerprint density at radius 1 is 0.969 bits per heavy atom. The van der Waals surface area contributed by atoms with E-state index in [0.717, 1.165) is 37.7 Å².